The molecule has 0 saturated carbocycles. The Morgan fingerprint density at radius 3 is 2.85 bits per heavy atom. The number of benzene rings is 1. The summed E-state index contributed by atoms with van der Waals surface area (Å²) in [6, 6.07) is 7.00. The normalized spacial score (nSPS) is 11.1. The number of esters is 1. The molecule has 3 rings (SSSR count). The van der Waals surface area contributed by atoms with Gasteiger partial charge in [0.2, 0.25) is 0 Å². The minimum atomic E-state index is -0.482. The number of fused-ring (bicyclic) bond motifs is 3. The summed E-state index contributed by atoms with van der Waals surface area (Å²) in [6.07, 6.45) is 0. The molecule has 0 atom stereocenters. The fourth-order valence-electron chi connectivity index (χ4n) is 2.23. The summed E-state index contributed by atoms with van der Waals surface area (Å²) < 4.78 is 10.2. The number of nitrogens with one attached hydrogen (secondary N) is 1. The molecule has 5 nitrogen and oxygen atoms in total. The Labute approximate surface area is 114 Å². The summed E-state index contributed by atoms with van der Waals surface area (Å²) in [5.41, 5.74) is 1.92. The second-order valence-corrected chi connectivity index (χ2v) is 4.58. The zero-order valence-electron chi connectivity index (χ0n) is 11.1. The predicted octanol–water partition coefficient (Wildman–Crippen LogP) is 2.76. The van der Waals surface area contributed by atoms with Crippen molar-refractivity contribution >= 4 is 27.8 Å². The van der Waals surface area contributed by atoms with Crippen LogP contribution in [0.1, 0.15) is 23.0 Å². The monoisotopic (exact) mass is 271 g/mol. The number of hydrogen-bond donors (Lipinski definition) is 1. The maximum Gasteiger partial charge on any atom is 0.354 e. The second-order valence-electron chi connectivity index (χ2n) is 4.58. The van der Waals surface area contributed by atoms with Crippen molar-refractivity contribution in [2.45, 2.75) is 13.8 Å². The average Bonchev–Trinajstić information content (AvgIpc) is 2.86. The third-order valence-electron chi connectivity index (χ3n) is 3.14. The Morgan fingerprint density at radius 2 is 2.10 bits per heavy atom. The highest BCUT2D eigenvalue weighted by Gasteiger charge is 2.15. The van der Waals surface area contributed by atoms with E-state index in [1.807, 2.05) is 19.1 Å². The first kappa shape index (κ1) is 12.5. The lowest BCUT2D eigenvalue weighted by atomic mass is 10.1. The van der Waals surface area contributed by atoms with Crippen LogP contribution < -0.4 is 5.63 Å². The standard InChI is InChI=1S/C15H13NO4/c1-3-19-15(18)11-7-10-13(16-11)9-6-8(2)4-5-12(9)20-14(10)17/h4-7,16H,3H2,1-2H3. The van der Waals surface area contributed by atoms with Gasteiger partial charge in [0.25, 0.3) is 0 Å². The van der Waals surface area contributed by atoms with Crippen LogP contribution >= 0.6 is 0 Å². The molecule has 20 heavy (non-hydrogen) atoms. The van der Waals surface area contributed by atoms with Gasteiger partial charge in [0, 0.05) is 5.39 Å². The van der Waals surface area contributed by atoms with Crippen molar-refractivity contribution in [3.05, 3.63) is 45.9 Å². The molecular weight excluding hydrogens is 258 g/mol. The van der Waals surface area contributed by atoms with Crippen molar-refractivity contribution in [3.63, 3.8) is 0 Å². The highest BCUT2D eigenvalue weighted by Crippen LogP contribution is 2.24. The lowest BCUT2D eigenvalue weighted by Crippen LogP contribution is -2.04. The first-order valence-electron chi connectivity index (χ1n) is 6.33. The van der Waals surface area contributed by atoms with Crippen molar-refractivity contribution < 1.29 is 13.9 Å². The van der Waals surface area contributed by atoms with Crippen LogP contribution in [0.15, 0.2) is 33.5 Å². The van der Waals surface area contributed by atoms with Crippen molar-refractivity contribution in [1.29, 1.82) is 0 Å². The second kappa shape index (κ2) is 4.52. The van der Waals surface area contributed by atoms with Gasteiger partial charge in [-0.15, -0.1) is 0 Å². The molecule has 5 heteroatoms. The molecule has 0 spiro atoms. The molecule has 0 fully saturated rings. The van der Waals surface area contributed by atoms with Crippen LogP contribution in [0.2, 0.25) is 0 Å². The van der Waals surface area contributed by atoms with E-state index in [-0.39, 0.29) is 12.3 Å². The van der Waals surface area contributed by atoms with Gasteiger partial charge in [-0.25, -0.2) is 9.59 Å². The largest absolute Gasteiger partial charge is 0.461 e. The van der Waals surface area contributed by atoms with Crippen molar-refractivity contribution in [3.8, 4) is 0 Å². The number of ether oxygens (including phenoxy) is 1. The molecule has 2 heterocycles. The smallest absolute Gasteiger partial charge is 0.354 e. The Hall–Kier alpha value is -2.56. The van der Waals surface area contributed by atoms with Crippen molar-refractivity contribution in [1.82, 2.24) is 4.98 Å². The van der Waals surface area contributed by atoms with Crippen LogP contribution in [0.4, 0.5) is 0 Å². The average molecular weight is 271 g/mol. The molecular formula is C15H13NO4. The molecule has 0 radical (unpaired) electrons. The van der Waals surface area contributed by atoms with Crippen LogP contribution in [0, 0.1) is 6.92 Å². The number of aromatic nitrogens is 1. The van der Waals surface area contributed by atoms with Crippen LogP contribution in [0.5, 0.6) is 0 Å². The van der Waals surface area contributed by atoms with E-state index in [4.69, 9.17) is 9.15 Å². The first-order valence-corrected chi connectivity index (χ1v) is 6.33. The first-order chi connectivity index (χ1) is 9.60. The van der Waals surface area contributed by atoms with Gasteiger partial charge in [-0.1, -0.05) is 11.6 Å². The fourth-order valence-corrected chi connectivity index (χ4v) is 2.23. The number of hydrogen-bond acceptors (Lipinski definition) is 4. The molecule has 0 bridgehead atoms. The molecule has 0 aliphatic rings. The minimum absolute atomic E-state index is 0.253. The van der Waals surface area contributed by atoms with E-state index in [2.05, 4.69) is 4.98 Å². The van der Waals surface area contributed by atoms with Crippen LogP contribution in [0.3, 0.4) is 0 Å². The van der Waals surface area contributed by atoms with Crippen LogP contribution in [-0.2, 0) is 4.74 Å². The maximum absolute atomic E-state index is 11.9. The zero-order valence-corrected chi connectivity index (χ0v) is 11.1. The maximum atomic E-state index is 11.9. The predicted molar refractivity (Wildman–Crippen MR) is 75.0 cm³/mol. The molecule has 0 amide bonds. The number of H-pyrrole nitrogens is 1. The summed E-state index contributed by atoms with van der Waals surface area (Å²) in [7, 11) is 0. The van der Waals surface area contributed by atoms with Crippen LogP contribution in [-0.4, -0.2) is 17.6 Å². The Bertz CT molecular complexity index is 873. The quantitative estimate of drug-likeness (QED) is 0.574. The summed E-state index contributed by atoms with van der Waals surface area (Å²) in [6.45, 7) is 3.96. The third-order valence-corrected chi connectivity index (χ3v) is 3.14. The lowest BCUT2D eigenvalue weighted by Gasteiger charge is -2.00. The van der Waals surface area contributed by atoms with E-state index in [0.717, 1.165) is 10.9 Å². The molecule has 0 unspecified atom stereocenters. The van der Waals surface area contributed by atoms with Crippen molar-refractivity contribution in [2.75, 3.05) is 6.61 Å². The highest BCUT2D eigenvalue weighted by molar-refractivity contribution is 6.05. The molecule has 1 aromatic carbocycles. The van der Waals surface area contributed by atoms with Crippen LogP contribution in [0.25, 0.3) is 21.9 Å². The van der Waals surface area contributed by atoms with E-state index in [1.165, 1.54) is 6.07 Å². The van der Waals surface area contributed by atoms with E-state index < -0.39 is 11.6 Å². The zero-order chi connectivity index (χ0) is 14.3. The Balaban J connectivity index is 2.34. The van der Waals surface area contributed by atoms with Gasteiger partial charge in [0.15, 0.2) is 0 Å². The highest BCUT2D eigenvalue weighted by atomic mass is 16.5. The topological polar surface area (TPSA) is 72.3 Å². The lowest BCUT2D eigenvalue weighted by molar-refractivity contribution is 0.0520. The van der Waals surface area contributed by atoms with Gasteiger partial charge in [-0.05, 0) is 32.0 Å². The summed E-state index contributed by atoms with van der Waals surface area (Å²) in [5, 5.41) is 1.13. The van der Waals surface area contributed by atoms with E-state index >= 15 is 0 Å². The number of carbonyl (C=O) groups excluding carboxylic acids is 1. The van der Waals surface area contributed by atoms with Gasteiger partial charge in [0.05, 0.1) is 17.5 Å². The third kappa shape index (κ3) is 1.87. The molecule has 0 aliphatic heterocycles. The summed E-state index contributed by atoms with van der Waals surface area (Å²) in [4.78, 5) is 26.6. The Morgan fingerprint density at radius 1 is 1.30 bits per heavy atom. The SMILES string of the molecule is CCOC(=O)c1cc2c(=O)oc3ccc(C)cc3c2[nH]1. The van der Waals surface area contributed by atoms with Crippen molar-refractivity contribution in [2.24, 2.45) is 0 Å². The van der Waals surface area contributed by atoms with Gasteiger partial charge in [0.1, 0.15) is 11.3 Å². The van der Waals surface area contributed by atoms with Gasteiger partial charge in [-0.3, -0.25) is 0 Å². The minimum Gasteiger partial charge on any atom is -0.461 e. The van der Waals surface area contributed by atoms with Gasteiger partial charge >= 0.3 is 11.6 Å². The summed E-state index contributed by atoms with van der Waals surface area (Å²) in [5.74, 6) is -0.482. The van der Waals surface area contributed by atoms with E-state index in [9.17, 15) is 9.59 Å². The van der Waals surface area contributed by atoms with E-state index in [0.29, 0.717) is 16.5 Å². The molecule has 3 aromatic rings. The number of aromatic amines is 1. The molecule has 102 valence electrons. The number of carbonyl (C=O) groups is 1. The summed E-state index contributed by atoms with van der Waals surface area (Å²) >= 11 is 0. The molecule has 0 saturated heterocycles. The van der Waals surface area contributed by atoms with E-state index in [1.54, 1.807) is 13.0 Å². The molecule has 2 aromatic heterocycles. The number of rotatable bonds is 2. The van der Waals surface area contributed by atoms with Gasteiger partial charge in [-0.2, -0.15) is 0 Å². The number of aryl methyl sites for hydroxylation is 1. The Kier molecular flexibility index (Phi) is 2.82. The fraction of sp³-hybridized carbons (Fsp3) is 0.200. The molecule has 0 aliphatic carbocycles. The molecule has 1 N–H and O–H groups in total. The van der Waals surface area contributed by atoms with Gasteiger partial charge < -0.3 is 14.1 Å².